The van der Waals surface area contributed by atoms with Crippen molar-refractivity contribution in [1.29, 1.82) is 0 Å². The van der Waals surface area contributed by atoms with E-state index >= 15 is 0 Å². The summed E-state index contributed by atoms with van der Waals surface area (Å²) < 4.78 is 4.73. The molecule has 6 heteroatoms. The van der Waals surface area contributed by atoms with E-state index in [9.17, 15) is 14.4 Å². The predicted octanol–water partition coefficient (Wildman–Crippen LogP) is 3.93. The highest BCUT2D eigenvalue weighted by molar-refractivity contribution is 6.09. The molecule has 0 saturated heterocycles. The average molecular weight is 416 g/mol. The largest absolute Gasteiger partial charge is 0.465 e. The third-order valence-corrected chi connectivity index (χ3v) is 5.67. The van der Waals surface area contributed by atoms with Gasteiger partial charge in [0.15, 0.2) is 11.6 Å². The summed E-state index contributed by atoms with van der Waals surface area (Å²) >= 11 is 0. The van der Waals surface area contributed by atoms with Crippen LogP contribution in [0.3, 0.4) is 0 Å². The maximum Gasteiger partial charge on any atom is 0.337 e. The van der Waals surface area contributed by atoms with Gasteiger partial charge in [0.1, 0.15) is 0 Å². The Morgan fingerprint density at radius 3 is 2.65 bits per heavy atom. The van der Waals surface area contributed by atoms with Gasteiger partial charge in [0.25, 0.3) is 0 Å². The van der Waals surface area contributed by atoms with E-state index in [1.807, 2.05) is 30.3 Å². The van der Waals surface area contributed by atoms with Crippen LogP contribution in [0.2, 0.25) is 0 Å². The summed E-state index contributed by atoms with van der Waals surface area (Å²) in [6.45, 7) is 0.638. The fourth-order valence-electron chi connectivity index (χ4n) is 3.96. The van der Waals surface area contributed by atoms with Crippen LogP contribution in [-0.2, 0) is 9.53 Å². The number of hydrogen-bond donors (Lipinski definition) is 2. The number of fused-ring (bicyclic) bond motifs is 1. The Morgan fingerprint density at radius 1 is 1.06 bits per heavy atom. The van der Waals surface area contributed by atoms with Crippen LogP contribution in [-0.4, -0.2) is 42.2 Å². The number of H-pyrrole nitrogens is 1. The number of esters is 1. The lowest BCUT2D eigenvalue weighted by atomic mass is 9.91. The molecule has 0 amide bonds. The van der Waals surface area contributed by atoms with E-state index < -0.39 is 5.97 Å². The van der Waals surface area contributed by atoms with E-state index in [1.54, 1.807) is 24.4 Å². The second kappa shape index (κ2) is 9.10. The normalized spacial score (nSPS) is 16.0. The summed E-state index contributed by atoms with van der Waals surface area (Å²) in [5.41, 5.74) is 3.91. The maximum absolute atomic E-state index is 12.8. The number of Topliss-reactive ketones (excluding diaryl/α,β-unsaturated/α-hetero) is 2. The minimum Gasteiger partial charge on any atom is -0.465 e. The van der Waals surface area contributed by atoms with Crippen LogP contribution in [0.15, 0.2) is 60.8 Å². The Hall–Kier alpha value is -3.51. The molecule has 1 aromatic heterocycles. The van der Waals surface area contributed by atoms with Gasteiger partial charge in [-0.2, -0.15) is 0 Å². The first-order valence-electron chi connectivity index (χ1n) is 10.3. The van der Waals surface area contributed by atoms with Crippen LogP contribution < -0.4 is 5.32 Å². The molecular formula is C25H24N2O4. The minimum atomic E-state index is -0.432. The van der Waals surface area contributed by atoms with E-state index in [0.29, 0.717) is 29.6 Å². The third-order valence-electron chi connectivity index (χ3n) is 5.67. The molecule has 1 atom stereocenters. The van der Waals surface area contributed by atoms with Gasteiger partial charge in [-0.25, -0.2) is 4.79 Å². The number of aromatic nitrogens is 1. The molecule has 0 aliphatic carbocycles. The molecule has 1 unspecified atom stereocenters. The van der Waals surface area contributed by atoms with Crippen LogP contribution in [0.25, 0.3) is 16.5 Å². The monoisotopic (exact) mass is 416 g/mol. The fraction of sp³-hybridized carbons (Fsp3) is 0.240. The van der Waals surface area contributed by atoms with Gasteiger partial charge in [-0.1, -0.05) is 42.5 Å². The van der Waals surface area contributed by atoms with Crippen LogP contribution in [0.1, 0.15) is 45.5 Å². The van der Waals surface area contributed by atoms with E-state index in [4.69, 9.17) is 4.74 Å². The fourth-order valence-corrected chi connectivity index (χ4v) is 3.96. The zero-order valence-corrected chi connectivity index (χ0v) is 17.3. The van der Waals surface area contributed by atoms with Gasteiger partial charge >= 0.3 is 5.97 Å². The Labute approximate surface area is 180 Å². The Balaban J connectivity index is 1.39. The summed E-state index contributed by atoms with van der Waals surface area (Å²) in [5, 5.41) is 3.97. The van der Waals surface area contributed by atoms with Crippen molar-refractivity contribution in [2.24, 2.45) is 0 Å². The van der Waals surface area contributed by atoms with Crippen LogP contribution in [0, 0.1) is 0 Å². The molecule has 1 aliphatic heterocycles. The number of rotatable bonds is 7. The second-order valence-electron chi connectivity index (χ2n) is 7.60. The van der Waals surface area contributed by atoms with Crippen molar-refractivity contribution in [3.8, 4) is 0 Å². The number of nitrogens with one attached hydrogen (secondary N) is 2. The molecule has 2 aromatic carbocycles. The summed E-state index contributed by atoms with van der Waals surface area (Å²) in [6, 6.07) is 14.8. The topological polar surface area (TPSA) is 88.3 Å². The second-order valence-corrected chi connectivity index (χ2v) is 7.60. The number of benzene rings is 2. The number of hydrogen-bond acceptors (Lipinski definition) is 5. The summed E-state index contributed by atoms with van der Waals surface area (Å²) in [5.74, 6) is -0.485. The SMILES string of the molecule is COC(=O)c1ccc2c(C(=O)CCC(=O)C3CC(c4ccccc4)=CCN3)c[nH]c2c1. The Kier molecular flexibility index (Phi) is 6.09. The molecule has 3 aromatic rings. The molecule has 31 heavy (non-hydrogen) atoms. The highest BCUT2D eigenvalue weighted by Crippen LogP contribution is 2.25. The van der Waals surface area contributed by atoms with Gasteiger partial charge < -0.3 is 15.0 Å². The van der Waals surface area contributed by atoms with Gasteiger partial charge in [-0.15, -0.1) is 0 Å². The highest BCUT2D eigenvalue weighted by Gasteiger charge is 2.24. The quantitative estimate of drug-likeness (QED) is 0.450. The molecule has 2 heterocycles. The van der Waals surface area contributed by atoms with Crippen LogP contribution in [0.5, 0.6) is 0 Å². The van der Waals surface area contributed by atoms with E-state index in [2.05, 4.69) is 16.4 Å². The first-order valence-corrected chi connectivity index (χ1v) is 10.3. The van der Waals surface area contributed by atoms with Gasteiger partial charge in [0.05, 0.1) is 18.7 Å². The van der Waals surface area contributed by atoms with E-state index in [-0.39, 0.29) is 30.4 Å². The van der Waals surface area contributed by atoms with Crippen molar-refractivity contribution < 1.29 is 19.1 Å². The van der Waals surface area contributed by atoms with Crippen molar-refractivity contribution in [1.82, 2.24) is 10.3 Å². The molecule has 4 rings (SSSR count). The maximum atomic E-state index is 12.8. The first kappa shape index (κ1) is 20.8. The molecule has 158 valence electrons. The van der Waals surface area contributed by atoms with E-state index in [1.165, 1.54) is 7.11 Å². The van der Waals surface area contributed by atoms with Crippen LogP contribution in [0.4, 0.5) is 0 Å². The lowest BCUT2D eigenvalue weighted by molar-refractivity contribution is -0.120. The molecule has 1 aliphatic rings. The summed E-state index contributed by atoms with van der Waals surface area (Å²) in [7, 11) is 1.33. The van der Waals surface area contributed by atoms with Gasteiger partial charge in [-0.3, -0.25) is 9.59 Å². The molecule has 2 N–H and O–H groups in total. The van der Waals surface area contributed by atoms with Gasteiger partial charge in [0, 0.05) is 42.0 Å². The zero-order valence-electron chi connectivity index (χ0n) is 17.3. The van der Waals surface area contributed by atoms with Crippen molar-refractivity contribution in [3.05, 3.63) is 77.5 Å². The number of carbonyl (C=O) groups is 3. The van der Waals surface area contributed by atoms with Crippen molar-refractivity contribution >= 4 is 34.0 Å². The lowest BCUT2D eigenvalue weighted by Crippen LogP contribution is -2.39. The molecule has 0 fully saturated rings. The standard InChI is InChI=1S/C25H24N2O4/c1-31-25(30)18-7-8-19-20(15-27-21(19)14-18)23(28)9-10-24(29)22-13-17(11-12-26-22)16-5-3-2-4-6-16/h2-8,11,14-15,22,26-27H,9-10,12-13H2,1H3. The first-order chi connectivity index (χ1) is 15.1. The van der Waals surface area contributed by atoms with Crippen molar-refractivity contribution in [2.45, 2.75) is 25.3 Å². The van der Waals surface area contributed by atoms with Gasteiger partial charge in [0.2, 0.25) is 0 Å². The lowest BCUT2D eigenvalue weighted by Gasteiger charge is -2.23. The molecule has 0 saturated carbocycles. The van der Waals surface area contributed by atoms with Crippen LogP contribution >= 0.6 is 0 Å². The molecular weight excluding hydrogens is 392 g/mol. The molecule has 0 radical (unpaired) electrons. The van der Waals surface area contributed by atoms with Crippen molar-refractivity contribution in [2.75, 3.05) is 13.7 Å². The van der Waals surface area contributed by atoms with Crippen molar-refractivity contribution in [3.63, 3.8) is 0 Å². The predicted molar refractivity (Wildman–Crippen MR) is 119 cm³/mol. The number of ketones is 2. The number of aromatic amines is 1. The molecule has 0 bridgehead atoms. The number of carbonyl (C=O) groups excluding carboxylic acids is 3. The Morgan fingerprint density at radius 2 is 1.87 bits per heavy atom. The highest BCUT2D eigenvalue weighted by atomic mass is 16.5. The summed E-state index contributed by atoms with van der Waals surface area (Å²) in [4.78, 5) is 40.3. The minimum absolute atomic E-state index is 0.0442. The summed E-state index contributed by atoms with van der Waals surface area (Å²) in [6.07, 6.45) is 4.70. The third kappa shape index (κ3) is 4.49. The number of ether oxygens (including phenoxy) is 1. The van der Waals surface area contributed by atoms with E-state index in [0.717, 1.165) is 16.5 Å². The molecule has 0 spiro atoms. The smallest absolute Gasteiger partial charge is 0.337 e. The Bertz CT molecular complexity index is 1160. The number of methoxy groups -OCH3 is 1. The zero-order chi connectivity index (χ0) is 21.8. The van der Waals surface area contributed by atoms with Gasteiger partial charge in [-0.05, 0) is 29.7 Å². The molecule has 6 nitrogen and oxygen atoms in total. The average Bonchev–Trinajstić information content (AvgIpc) is 3.26.